The highest BCUT2D eigenvalue weighted by Gasteiger charge is 2.06. The third-order valence-electron chi connectivity index (χ3n) is 3.58. The summed E-state index contributed by atoms with van der Waals surface area (Å²) in [5, 5.41) is 1.10. The largest absolute Gasteiger partial charge is 0.456 e. The number of hydrogen-bond donors (Lipinski definition) is 0. The number of aliphatic imine (C=N–C) groups is 1. The van der Waals surface area contributed by atoms with Crippen LogP contribution in [0.1, 0.15) is 5.76 Å². The number of furan rings is 2. The number of fused-ring (bicyclic) bond motifs is 1. The number of benzene rings is 2. The van der Waals surface area contributed by atoms with E-state index in [9.17, 15) is 0 Å². The minimum Gasteiger partial charge on any atom is -0.456 e. The molecule has 5 heteroatoms. The summed E-state index contributed by atoms with van der Waals surface area (Å²) in [6, 6.07) is 19.9. The zero-order valence-corrected chi connectivity index (χ0v) is 16.1. The lowest BCUT2D eigenvalue weighted by Crippen LogP contribution is -1.75. The van der Waals surface area contributed by atoms with Crippen molar-refractivity contribution < 1.29 is 8.83 Å². The quantitative estimate of drug-likeness (QED) is 0.233. The van der Waals surface area contributed by atoms with Crippen LogP contribution >= 0.6 is 38.5 Å². The first-order valence-electron chi connectivity index (χ1n) is 7.27. The van der Waals surface area contributed by atoms with Gasteiger partial charge in [-0.2, -0.15) is 0 Å². The molecule has 118 valence electrons. The Labute approximate surface area is 160 Å². The van der Waals surface area contributed by atoms with Crippen LogP contribution in [0, 0.1) is 3.77 Å². The molecule has 2 heterocycles. The first kappa shape index (κ1) is 15.7. The zero-order chi connectivity index (χ0) is 16.5. The van der Waals surface area contributed by atoms with Crippen molar-refractivity contribution >= 4 is 61.4 Å². The van der Waals surface area contributed by atoms with E-state index in [0.29, 0.717) is 5.76 Å². The smallest absolute Gasteiger partial charge is 0.178 e. The summed E-state index contributed by atoms with van der Waals surface area (Å²) in [6.45, 7) is 0. The van der Waals surface area contributed by atoms with Crippen LogP contribution in [0.15, 0.2) is 79.0 Å². The predicted molar refractivity (Wildman–Crippen MR) is 108 cm³/mol. The van der Waals surface area contributed by atoms with E-state index in [1.54, 1.807) is 6.21 Å². The van der Waals surface area contributed by atoms with Crippen LogP contribution in [0.3, 0.4) is 0 Å². The van der Waals surface area contributed by atoms with Crippen molar-refractivity contribution in [3.8, 4) is 11.3 Å². The molecule has 2 aromatic carbocycles. The normalized spacial score (nSPS) is 11.6. The third-order valence-corrected chi connectivity index (χ3v) is 5.71. The maximum absolute atomic E-state index is 5.88. The fourth-order valence-electron chi connectivity index (χ4n) is 2.40. The summed E-state index contributed by atoms with van der Waals surface area (Å²) < 4.78 is 13.2. The summed E-state index contributed by atoms with van der Waals surface area (Å²) in [5.41, 5.74) is 2.78. The SMILES string of the molecule is Brc1cc(C=Nc2ccc(-c3cc4ccccc4o3)cc2)oc1I. The molecule has 0 atom stereocenters. The maximum Gasteiger partial charge on any atom is 0.178 e. The standard InChI is InChI=1S/C19H11BrINO2/c20-16-10-15(23-19(16)21)11-22-14-7-5-12(6-8-14)18-9-13-3-1-2-4-17(13)24-18/h1-11H. The molecule has 0 unspecified atom stereocenters. The van der Waals surface area contributed by atoms with E-state index in [1.165, 1.54) is 0 Å². The van der Waals surface area contributed by atoms with Gasteiger partial charge in [-0.25, -0.2) is 0 Å². The number of hydrogen-bond acceptors (Lipinski definition) is 3. The van der Waals surface area contributed by atoms with Crippen molar-refractivity contribution in [3.63, 3.8) is 0 Å². The van der Waals surface area contributed by atoms with Gasteiger partial charge in [0.1, 0.15) is 17.1 Å². The highest BCUT2D eigenvalue weighted by atomic mass is 127. The highest BCUT2D eigenvalue weighted by Crippen LogP contribution is 2.29. The zero-order valence-electron chi connectivity index (χ0n) is 12.4. The Morgan fingerprint density at radius 2 is 1.75 bits per heavy atom. The number of nitrogens with zero attached hydrogens (tertiary/aromatic N) is 1. The van der Waals surface area contributed by atoms with Crippen molar-refractivity contribution in [1.82, 2.24) is 0 Å². The first-order chi connectivity index (χ1) is 11.7. The maximum atomic E-state index is 5.88. The molecule has 0 aliphatic carbocycles. The monoisotopic (exact) mass is 491 g/mol. The van der Waals surface area contributed by atoms with Gasteiger partial charge in [0.05, 0.1) is 16.4 Å². The molecule has 0 fully saturated rings. The van der Waals surface area contributed by atoms with Gasteiger partial charge in [0, 0.05) is 39.6 Å². The topological polar surface area (TPSA) is 38.6 Å². The van der Waals surface area contributed by atoms with Crippen LogP contribution in [0.25, 0.3) is 22.3 Å². The lowest BCUT2D eigenvalue weighted by Gasteiger charge is -1.97. The molecule has 0 bridgehead atoms. The molecule has 4 rings (SSSR count). The Kier molecular flexibility index (Phi) is 4.28. The van der Waals surface area contributed by atoms with E-state index in [2.05, 4.69) is 49.6 Å². The Morgan fingerprint density at radius 1 is 0.958 bits per heavy atom. The molecule has 0 N–H and O–H groups in total. The van der Waals surface area contributed by atoms with Crippen LogP contribution in [0.2, 0.25) is 0 Å². The molecule has 0 radical (unpaired) electrons. The number of para-hydroxylation sites is 1. The fourth-order valence-corrected chi connectivity index (χ4v) is 3.12. The second kappa shape index (κ2) is 6.57. The van der Waals surface area contributed by atoms with Gasteiger partial charge in [0.2, 0.25) is 0 Å². The summed E-state index contributed by atoms with van der Waals surface area (Å²) in [5.74, 6) is 1.57. The van der Waals surface area contributed by atoms with Gasteiger partial charge in [-0.1, -0.05) is 18.2 Å². The van der Waals surface area contributed by atoms with Gasteiger partial charge in [-0.05, 0) is 52.3 Å². The second-order valence-corrected chi connectivity index (χ2v) is 7.06. The Morgan fingerprint density at radius 3 is 2.46 bits per heavy atom. The van der Waals surface area contributed by atoms with Crippen molar-refractivity contribution in [1.29, 1.82) is 0 Å². The van der Waals surface area contributed by atoms with Crippen molar-refractivity contribution in [2.75, 3.05) is 0 Å². The third kappa shape index (κ3) is 3.18. The van der Waals surface area contributed by atoms with Crippen LogP contribution in [-0.4, -0.2) is 6.21 Å². The summed E-state index contributed by atoms with van der Waals surface area (Å²) in [6.07, 6.45) is 1.71. The van der Waals surface area contributed by atoms with E-state index in [0.717, 1.165) is 36.2 Å². The van der Waals surface area contributed by atoms with Crippen LogP contribution in [0.5, 0.6) is 0 Å². The summed E-state index contributed by atoms with van der Waals surface area (Å²) >= 11 is 5.55. The van der Waals surface area contributed by atoms with Crippen LogP contribution in [0.4, 0.5) is 5.69 Å². The summed E-state index contributed by atoms with van der Waals surface area (Å²) in [4.78, 5) is 4.43. The molecular formula is C19H11BrINO2. The van der Waals surface area contributed by atoms with E-state index >= 15 is 0 Å². The average molecular weight is 492 g/mol. The van der Waals surface area contributed by atoms with E-state index < -0.39 is 0 Å². The van der Waals surface area contributed by atoms with Crippen molar-refractivity contribution in [2.45, 2.75) is 0 Å². The molecule has 4 aromatic rings. The Balaban J connectivity index is 1.58. The van der Waals surface area contributed by atoms with Crippen molar-refractivity contribution in [2.24, 2.45) is 4.99 Å². The molecule has 0 amide bonds. The summed E-state index contributed by atoms with van der Waals surface area (Å²) in [7, 11) is 0. The van der Waals surface area contributed by atoms with E-state index in [-0.39, 0.29) is 0 Å². The van der Waals surface area contributed by atoms with E-state index in [1.807, 2.05) is 54.6 Å². The van der Waals surface area contributed by atoms with Gasteiger partial charge in [-0.3, -0.25) is 4.99 Å². The Bertz CT molecular complexity index is 979. The fraction of sp³-hybridized carbons (Fsp3) is 0. The predicted octanol–water partition coefficient (Wildman–Crippen LogP) is 6.81. The first-order valence-corrected chi connectivity index (χ1v) is 9.14. The lowest BCUT2D eigenvalue weighted by molar-refractivity contribution is 0.530. The van der Waals surface area contributed by atoms with Gasteiger partial charge in [-0.15, -0.1) is 0 Å². The second-order valence-electron chi connectivity index (χ2n) is 5.22. The molecule has 0 spiro atoms. The van der Waals surface area contributed by atoms with E-state index in [4.69, 9.17) is 8.83 Å². The van der Waals surface area contributed by atoms with Gasteiger partial charge in [0.15, 0.2) is 3.77 Å². The molecule has 0 aliphatic heterocycles. The molecular weight excluding hydrogens is 481 g/mol. The molecule has 24 heavy (non-hydrogen) atoms. The Hall–Kier alpha value is -1.86. The lowest BCUT2D eigenvalue weighted by atomic mass is 10.1. The van der Waals surface area contributed by atoms with Crippen LogP contribution in [-0.2, 0) is 0 Å². The molecule has 0 saturated carbocycles. The molecule has 2 aromatic heterocycles. The minimum absolute atomic E-state index is 0.715. The van der Waals surface area contributed by atoms with Crippen molar-refractivity contribution in [3.05, 3.63) is 74.7 Å². The number of rotatable bonds is 3. The van der Waals surface area contributed by atoms with Gasteiger partial charge >= 0.3 is 0 Å². The molecule has 0 saturated heterocycles. The molecule has 3 nitrogen and oxygen atoms in total. The molecule has 0 aliphatic rings. The highest BCUT2D eigenvalue weighted by molar-refractivity contribution is 14.1. The van der Waals surface area contributed by atoms with Crippen LogP contribution < -0.4 is 0 Å². The van der Waals surface area contributed by atoms with Gasteiger partial charge < -0.3 is 8.83 Å². The average Bonchev–Trinajstić information content (AvgIpc) is 3.17. The minimum atomic E-state index is 0.715. The van der Waals surface area contributed by atoms with Gasteiger partial charge in [0.25, 0.3) is 0 Å². The number of halogens is 2.